The van der Waals surface area contributed by atoms with Gasteiger partial charge in [0.15, 0.2) is 11.4 Å². The van der Waals surface area contributed by atoms with E-state index < -0.39 is 27.6 Å². The van der Waals surface area contributed by atoms with E-state index in [4.69, 9.17) is 56.6 Å². The molecule has 0 atom stereocenters. The molecular formula is C74H102Br2Cl4N8O2. The Kier molecular flexibility index (Phi) is 19.5. The van der Waals surface area contributed by atoms with Crippen molar-refractivity contribution in [2.75, 3.05) is 0 Å². The molecule has 0 unspecified atom stereocenters. The molecule has 2 aliphatic heterocycles. The second-order valence-electron chi connectivity index (χ2n) is 33.4. The van der Waals surface area contributed by atoms with Gasteiger partial charge in [-0.25, -0.2) is 19.4 Å². The normalized spacial score (nSPS) is 20.4. The van der Waals surface area contributed by atoms with Gasteiger partial charge in [0.25, 0.3) is 11.8 Å². The van der Waals surface area contributed by atoms with Crippen LogP contribution in [0.4, 0.5) is 0 Å². The van der Waals surface area contributed by atoms with Gasteiger partial charge in [-0.3, -0.25) is 20.4 Å². The molecule has 10 nitrogen and oxygen atoms in total. The molecule has 2 saturated heterocycles. The topological polar surface area (TPSA) is 100 Å². The molecule has 0 spiro atoms. The van der Waals surface area contributed by atoms with E-state index in [9.17, 15) is 9.59 Å². The second kappa shape index (κ2) is 23.9. The van der Waals surface area contributed by atoms with Crippen LogP contribution in [-0.4, -0.2) is 63.5 Å². The molecule has 0 radical (unpaired) electrons. The van der Waals surface area contributed by atoms with E-state index in [1.165, 1.54) is 0 Å². The van der Waals surface area contributed by atoms with Crippen LogP contribution in [0.15, 0.2) is 93.9 Å². The zero-order valence-electron chi connectivity index (χ0n) is 59.1. The van der Waals surface area contributed by atoms with Crippen LogP contribution in [-0.2, 0) is 11.8 Å². The maximum absolute atomic E-state index is 15.0. The van der Waals surface area contributed by atoms with Crippen molar-refractivity contribution in [2.24, 2.45) is 43.3 Å². The molecule has 6 aromatic rings. The number of hydrogen-bond acceptors (Lipinski definition) is 6. The first-order valence-electron chi connectivity index (χ1n) is 31.5. The molecule has 4 aromatic carbocycles. The maximum Gasteiger partial charge on any atom is 0.286 e. The zero-order valence-corrected chi connectivity index (χ0v) is 65.3. The van der Waals surface area contributed by atoms with E-state index in [1.807, 2.05) is 53.2 Å². The standard InChI is InChI=1S/C38H53BrCl2N4O.C36H49BrCl2N4O/c1-32(2,3)33(4,5)28-29(31(46)43-45-37(12,13)35(8,9)34(6,7)36(10,11)38(45,14)15)42-44(27-21-20-25(40)22-26(27)41)30(28)23-16-18-24(39)19-17-23;1-31(2,3)21-25-28(30(44)41-43-35(10,11)33(6,7)32(4,5)34(8,9)36(43,12)13)40-42(27-19-18-24(38)20-26(27)39)29(25)22-14-16-23(37)17-15-22/h16-22H,1-15H3,(H,43,46);14-20H,21H2,1-13H3,(H,41,44). The summed E-state index contributed by atoms with van der Waals surface area (Å²) in [5.74, 6) is -0.485. The van der Waals surface area contributed by atoms with Gasteiger partial charge >= 0.3 is 0 Å². The summed E-state index contributed by atoms with van der Waals surface area (Å²) in [6.07, 6.45) is 0.628. The van der Waals surface area contributed by atoms with Crippen LogP contribution in [0, 0.1) is 43.3 Å². The molecule has 8 rings (SSSR count). The number of aromatic nitrogens is 4. The molecule has 16 heteroatoms. The number of carbonyl (C=O) groups excluding carboxylic acids is 2. The van der Waals surface area contributed by atoms with Gasteiger partial charge in [-0.2, -0.15) is 10.2 Å². The molecule has 2 aromatic heterocycles. The van der Waals surface area contributed by atoms with Crippen LogP contribution in [0.2, 0.25) is 20.1 Å². The van der Waals surface area contributed by atoms with Crippen LogP contribution in [0.25, 0.3) is 33.9 Å². The summed E-state index contributed by atoms with van der Waals surface area (Å²) >= 11 is 33.4. The number of hydrogen-bond donors (Lipinski definition) is 2. The Morgan fingerprint density at radius 2 is 0.756 bits per heavy atom. The van der Waals surface area contributed by atoms with E-state index in [1.54, 1.807) is 28.9 Å². The maximum atomic E-state index is 15.0. The van der Waals surface area contributed by atoms with E-state index in [2.05, 4.69) is 259 Å². The Balaban J connectivity index is 0.000000256. The van der Waals surface area contributed by atoms with Gasteiger partial charge in [-0.15, -0.1) is 0 Å². The zero-order chi connectivity index (χ0) is 68.6. The number of amides is 2. The quantitative estimate of drug-likeness (QED) is 0.142. The number of hydrazine groups is 2. The third-order valence-corrected chi connectivity index (χ3v) is 27.2. The van der Waals surface area contributed by atoms with Crippen molar-refractivity contribution in [3.63, 3.8) is 0 Å². The van der Waals surface area contributed by atoms with Crippen molar-refractivity contribution in [3.8, 4) is 33.9 Å². The lowest BCUT2D eigenvalue weighted by molar-refractivity contribution is -0.259. The number of benzene rings is 4. The predicted octanol–water partition coefficient (Wildman–Crippen LogP) is 22.3. The third-order valence-electron chi connectivity index (χ3n) is 25.0. The molecule has 2 N–H and O–H groups in total. The minimum atomic E-state index is -0.493. The monoisotopic (exact) mass is 1430 g/mol. The van der Waals surface area contributed by atoms with Crippen LogP contribution < -0.4 is 10.9 Å². The summed E-state index contributed by atoms with van der Waals surface area (Å²) in [6, 6.07) is 26.9. The highest BCUT2D eigenvalue weighted by Crippen LogP contribution is 2.68. The van der Waals surface area contributed by atoms with Crippen LogP contribution in [0.1, 0.15) is 226 Å². The molecule has 2 aliphatic rings. The molecule has 90 heavy (non-hydrogen) atoms. The second-order valence-corrected chi connectivity index (χ2v) is 36.9. The molecule has 492 valence electrons. The molecule has 2 amide bonds. The molecule has 4 heterocycles. The number of halogens is 6. The van der Waals surface area contributed by atoms with Gasteiger partial charge in [0.05, 0.1) is 32.8 Å². The van der Waals surface area contributed by atoms with E-state index >= 15 is 0 Å². The fourth-order valence-corrected chi connectivity index (χ4v) is 15.8. The minimum absolute atomic E-state index is 0.0483. The average Bonchev–Trinajstić information content (AvgIpc) is 1.54. The van der Waals surface area contributed by atoms with Crippen molar-refractivity contribution in [1.29, 1.82) is 0 Å². The first kappa shape index (κ1) is 73.7. The lowest BCUT2D eigenvalue weighted by Crippen LogP contribution is -2.80. The number of carbonyl (C=O) groups is 2. The van der Waals surface area contributed by atoms with Gasteiger partial charge in [0.2, 0.25) is 0 Å². The highest BCUT2D eigenvalue weighted by Gasteiger charge is 2.70. The Morgan fingerprint density at radius 1 is 0.444 bits per heavy atom. The summed E-state index contributed by atoms with van der Waals surface area (Å²) in [7, 11) is 0. The van der Waals surface area contributed by atoms with Gasteiger partial charge in [-0.05, 0) is 171 Å². The first-order valence-corrected chi connectivity index (χ1v) is 34.5. The van der Waals surface area contributed by atoms with Crippen molar-refractivity contribution in [2.45, 2.75) is 228 Å². The Hall–Kier alpha value is -3.72. The van der Waals surface area contributed by atoms with Crippen LogP contribution in [0.5, 0.6) is 0 Å². The molecular weight excluding hydrogens is 1330 g/mol. The van der Waals surface area contributed by atoms with Crippen LogP contribution >= 0.6 is 78.3 Å². The SMILES string of the molecule is CC(C)(C)C(C)(C)c1c(C(=O)NN2C(C)(C)C(C)(C)C(C)(C)C(C)(C)C2(C)C)nn(-c2ccc(Cl)cc2Cl)c1-c1ccc(Br)cc1.CC(C)(C)Cc1c(C(=O)NN2C(C)(C)C(C)(C)C(C)(C)C(C)(C)C2(C)C)nn(-c2ccc(Cl)cc2Cl)c1-c1ccc(Br)cc1. The Labute approximate surface area is 577 Å². The number of rotatable bonds is 10. The number of piperidine rings is 2. The summed E-state index contributed by atoms with van der Waals surface area (Å²) in [5.41, 5.74) is 10.9. The summed E-state index contributed by atoms with van der Waals surface area (Å²) in [6.45, 7) is 63.4. The van der Waals surface area contributed by atoms with Gasteiger partial charge in [-0.1, -0.05) is 241 Å². The molecule has 0 saturated carbocycles. The van der Waals surface area contributed by atoms with Gasteiger partial charge in [0.1, 0.15) is 0 Å². The third kappa shape index (κ3) is 11.8. The van der Waals surface area contributed by atoms with Gasteiger partial charge < -0.3 is 0 Å². The highest BCUT2D eigenvalue weighted by atomic mass is 79.9. The minimum Gasteiger partial charge on any atom is -0.282 e. The van der Waals surface area contributed by atoms with E-state index in [0.29, 0.717) is 49.3 Å². The predicted molar refractivity (Wildman–Crippen MR) is 387 cm³/mol. The average molecular weight is 1440 g/mol. The lowest BCUT2D eigenvalue weighted by atomic mass is 9.42. The van der Waals surface area contributed by atoms with E-state index in [-0.39, 0.29) is 55.1 Å². The van der Waals surface area contributed by atoms with Crippen molar-refractivity contribution >= 4 is 90.1 Å². The number of nitrogens with one attached hydrogen (secondary N) is 2. The molecule has 2 fully saturated rings. The largest absolute Gasteiger partial charge is 0.286 e. The Morgan fingerprint density at radius 3 is 1.08 bits per heavy atom. The smallest absolute Gasteiger partial charge is 0.282 e. The van der Waals surface area contributed by atoms with Crippen molar-refractivity contribution in [1.82, 2.24) is 40.4 Å². The fourth-order valence-electron chi connectivity index (χ4n) is 14.3. The lowest BCUT2D eigenvalue weighted by Gasteiger charge is -2.73. The van der Waals surface area contributed by atoms with Crippen molar-refractivity contribution < 1.29 is 9.59 Å². The van der Waals surface area contributed by atoms with Crippen molar-refractivity contribution in [3.05, 3.63) is 136 Å². The summed E-state index contributed by atoms with van der Waals surface area (Å²) < 4.78 is 5.56. The summed E-state index contributed by atoms with van der Waals surface area (Å²) in [5, 5.41) is 16.6. The fraction of sp³-hybridized carbons (Fsp3) is 0.568. The van der Waals surface area contributed by atoms with Gasteiger partial charge in [0, 0.05) is 63.4 Å². The highest BCUT2D eigenvalue weighted by molar-refractivity contribution is 9.10. The molecule has 0 bridgehead atoms. The van der Waals surface area contributed by atoms with E-state index in [0.717, 1.165) is 42.6 Å². The van der Waals surface area contributed by atoms with Crippen LogP contribution in [0.3, 0.4) is 0 Å². The first-order chi connectivity index (χ1) is 40.5. The summed E-state index contributed by atoms with van der Waals surface area (Å²) in [4.78, 5) is 29.7. The molecule has 0 aliphatic carbocycles. The number of nitrogens with zero attached hydrogens (tertiary/aromatic N) is 6. The Bertz CT molecular complexity index is 3660.